The average molecular weight is 319 g/mol. The third-order valence-corrected chi connectivity index (χ3v) is 5.50. The van der Waals surface area contributed by atoms with E-state index >= 15 is 0 Å². The summed E-state index contributed by atoms with van der Waals surface area (Å²) in [5, 5.41) is 12.8. The number of carbonyl (C=O) groups is 1. The quantitative estimate of drug-likeness (QED) is 0.707. The molecule has 1 fully saturated rings. The van der Waals surface area contributed by atoms with Crippen LogP contribution >= 0.6 is 0 Å². The number of rotatable bonds is 7. The summed E-state index contributed by atoms with van der Waals surface area (Å²) in [5.41, 5.74) is 1.30. The van der Waals surface area contributed by atoms with E-state index in [2.05, 4.69) is 17.1 Å². The van der Waals surface area contributed by atoms with E-state index in [1.807, 2.05) is 6.92 Å². The highest BCUT2D eigenvalue weighted by molar-refractivity contribution is 5.95. The number of guanidine groups is 1. The molecular weight excluding hydrogens is 290 g/mol. The fraction of sp³-hybridized carbons (Fsp3) is 0.778. The molecule has 0 radical (unpaired) electrons. The molecule has 23 heavy (non-hydrogen) atoms. The fourth-order valence-corrected chi connectivity index (χ4v) is 4.38. The van der Waals surface area contributed by atoms with Gasteiger partial charge in [0.25, 0.3) is 0 Å². The second-order valence-corrected chi connectivity index (χ2v) is 7.17. The van der Waals surface area contributed by atoms with E-state index in [4.69, 9.17) is 4.99 Å². The van der Waals surface area contributed by atoms with Gasteiger partial charge in [0.1, 0.15) is 0 Å². The third kappa shape index (κ3) is 3.24. The van der Waals surface area contributed by atoms with E-state index in [0.29, 0.717) is 17.7 Å². The fourth-order valence-electron chi connectivity index (χ4n) is 4.38. The summed E-state index contributed by atoms with van der Waals surface area (Å²) in [5.74, 6) is 0.127. The molecule has 1 saturated heterocycles. The Morgan fingerprint density at radius 1 is 1.30 bits per heavy atom. The molecule has 3 aliphatic heterocycles. The lowest BCUT2D eigenvalue weighted by atomic mass is 9.98. The Morgan fingerprint density at radius 3 is 2.83 bits per heavy atom. The van der Waals surface area contributed by atoms with Crippen molar-refractivity contribution in [3.63, 3.8) is 0 Å². The monoisotopic (exact) mass is 319 g/mol. The molecule has 3 rings (SSSR count). The molecule has 1 unspecified atom stereocenters. The molecule has 0 bridgehead atoms. The molecule has 5 nitrogen and oxygen atoms in total. The third-order valence-electron chi connectivity index (χ3n) is 5.50. The Balaban J connectivity index is 1.67. The molecule has 0 aliphatic carbocycles. The summed E-state index contributed by atoms with van der Waals surface area (Å²) in [6, 6.07) is 0.879. The van der Waals surface area contributed by atoms with Gasteiger partial charge in [0, 0.05) is 11.7 Å². The van der Waals surface area contributed by atoms with Gasteiger partial charge in [-0.05, 0) is 32.6 Å². The number of aliphatic carboxylic acids is 1. The standard InChI is InChI=1S/C18H29N3O2/c1-3-4-5-6-7-8-13-11-14-9-10-15-16(17(22)23)12(2)19-18(20-13)21(14)15/h13-15H,3-11H2,1-2H3,(H,19,20)(H,22,23)/t13-,14+,15?/m1/s1. The van der Waals surface area contributed by atoms with Crippen molar-refractivity contribution < 1.29 is 9.90 Å². The number of nitrogens with one attached hydrogen (secondary N) is 1. The zero-order valence-electron chi connectivity index (χ0n) is 14.3. The number of hydrogen-bond donors (Lipinski definition) is 2. The number of carboxylic acid groups (broad SMARTS) is 1. The molecule has 128 valence electrons. The van der Waals surface area contributed by atoms with E-state index in [1.165, 1.54) is 38.5 Å². The van der Waals surface area contributed by atoms with Gasteiger partial charge in [-0.15, -0.1) is 0 Å². The molecule has 3 heterocycles. The van der Waals surface area contributed by atoms with Crippen LogP contribution in [-0.2, 0) is 4.79 Å². The number of hydrogen-bond acceptors (Lipinski definition) is 4. The molecule has 0 aromatic carbocycles. The van der Waals surface area contributed by atoms with Gasteiger partial charge in [0.15, 0.2) is 5.96 Å². The van der Waals surface area contributed by atoms with Crippen LogP contribution in [-0.4, -0.2) is 40.1 Å². The normalized spacial score (nSPS) is 29.2. The second-order valence-electron chi connectivity index (χ2n) is 7.17. The number of allylic oxidation sites excluding steroid dienone is 1. The Morgan fingerprint density at radius 2 is 2.09 bits per heavy atom. The molecule has 0 amide bonds. The van der Waals surface area contributed by atoms with Crippen molar-refractivity contribution in [3.05, 3.63) is 11.3 Å². The van der Waals surface area contributed by atoms with Crippen molar-refractivity contribution in [2.45, 2.75) is 89.8 Å². The SMILES string of the molecule is CCCCCCC[C@@H]1C[C@@H]2CCC3C(C(=O)O)=C(C)NC(=N1)N32. The minimum Gasteiger partial charge on any atom is -0.478 e. The number of unbranched alkanes of at least 4 members (excludes halogenated alkanes) is 4. The Labute approximate surface area is 138 Å². The predicted octanol–water partition coefficient (Wildman–Crippen LogP) is 3.27. The van der Waals surface area contributed by atoms with Crippen molar-refractivity contribution >= 4 is 11.9 Å². The molecule has 0 aromatic rings. The molecule has 0 saturated carbocycles. The molecule has 3 aliphatic rings. The Kier molecular flexibility index (Phi) is 4.93. The van der Waals surface area contributed by atoms with Crippen LogP contribution in [0.5, 0.6) is 0 Å². The van der Waals surface area contributed by atoms with Crippen molar-refractivity contribution in [1.82, 2.24) is 10.2 Å². The minimum absolute atomic E-state index is 0.0167. The van der Waals surface area contributed by atoms with Gasteiger partial charge in [-0.25, -0.2) is 9.79 Å². The first-order valence-corrected chi connectivity index (χ1v) is 9.19. The van der Waals surface area contributed by atoms with Crippen molar-refractivity contribution in [2.75, 3.05) is 0 Å². The van der Waals surface area contributed by atoms with Crippen LogP contribution in [0.25, 0.3) is 0 Å². The first kappa shape index (κ1) is 16.3. The van der Waals surface area contributed by atoms with Crippen LogP contribution in [0.2, 0.25) is 0 Å². The van der Waals surface area contributed by atoms with Gasteiger partial charge in [0.05, 0.1) is 17.7 Å². The van der Waals surface area contributed by atoms with Crippen molar-refractivity contribution in [2.24, 2.45) is 4.99 Å². The summed E-state index contributed by atoms with van der Waals surface area (Å²) in [6.45, 7) is 4.11. The van der Waals surface area contributed by atoms with Crippen LogP contribution in [0.1, 0.15) is 71.6 Å². The highest BCUT2D eigenvalue weighted by Crippen LogP contribution is 2.38. The van der Waals surface area contributed by atoms with E-state index in [-0.39, 0.29) is 6.04 Å². The maximum absolute atomic E-state index is 11.6. The Hall–Kier alpha value is -1.52. The summed E-state index contributed by atoms with van der Waals surface area (Å²) in [6.07, 6.45) is 10.8. The zero-order chi connectivity index (χ0) is 16.4. The highest BCUT2D eigenvalue weighted by atomic mass is 16.4. The lowest BCUT2D eigenvalue weighted by molar-refractivity contribution is -0.133. The Bertz CT molecular complexity index is 526. The summed E-state index contributed by atoms with van der Waals surface area (Å²) in [4.78, 5) is 18.7. The highest BCUT2D eigenvalue weighted by Gasteiger charge is 2.46. The van der Waals surface area contributed by atoms with Crippen LogP contribution in [0, 0.1) is 0 Å². The molecule has 3 atom stereocenters. The summed E-state index contributed by atoms with van der Waals surface area (Å²) in [7, 11) is 0. The smallest absolute Gasteiger partial charge is 0.335 e. The van der Waals surface area contributed by atoms with E-state index in [0.717, 1.165) is 30.9 Å². The largest absolute Gasteiger partial charge is 0.478 e. The summed E-state index contributed by atoms with van der Waals surface area (Å²) >= 11 is 0. The molecule has 0 spiro atoms. The molecule has 2 N–H and O–H groups in total. The maximum atomic E-state index is 11.6. The van der Waals surface area contributed by atoms with Crippen LogP contribution in [0.3, 0.4) is 0 Å². The van der Waals surface area contributed by atoms with Gasteiger partial charge in [0.2, 0.25) is 0 Å². The van der Waals surface area contributed by atoms with E-state index in [9.17, 15) is 9.90 Å². The lowest BCUT2D eigenvalue weighted by Gasteiger charge is -2.42. The summed E-state index contributed by atoms with van der Waals surface area (Å²) < 4.78 is 0. The molecular formula is C18H29N3O2. The average Bonchev–Trinajstić information content (AvgIpc) is 2.91. The number of carboxylic acids is 1. The zero-order valence-corrected chi connectivity index (χ0v) is 14.3. The first-order valence-electron chi connectivity index (χ1n) is 9.19. The van der Waals surface area contributed by atoms with Crippen molar-refractivity contribution in [1.29, 1.82) is 0 Å². The lowest BCUT2D eigenvalue weighted by Crippen LogP contribution is -2.56. The van der Waals surface area contributed by atoms with Gasteiger partial charge >= 0.3 is 5.97 Å². The van der Waals surface area contributed by atoms with E-state index < -0.39 is 5.97 Å². The van der Waals surface area contributed by atoms with Crippen molar-refractivity contribution in [3.8, 4) is 0 Å². The topological polar surface area (TPSA) is 64.9 Å². The molecule has 5 heteroatoms. The first-order chi connectivity index (χ1) is 11.1. The van der Waals surface area contributed by atoms with E-state index in [1.54, 1.807) is 0 Å². The van der Waals surface area contributed by atoms with Crippen LogP contribution in [0.15, 0.2) is 16.3 Å². The number of nitrogens with zero attached hydrogens (tertiary/aromatic N) is 2. The minimum atomic E-state index is -0.794. The molecule has 0 aromatic heterocycles. The predicted molar refractivity (Wildman–Crippen MR) is 91.3 cm³/mol. The van der Waals surface area contributed by atoms with Crippen LogP contribution < -0.4 is 5.32 Å². The van der Waals surface area contributed by atoms with Gasteiger partial charge in [-0.2, -0.15) is 0 Å². The maximum Gasteiger partial charge on any atom is 0.335 e. The number of aliphatic imine (C=N–C) groups is 1. The van der Waals surface area contributed by atoms with Crippen LogP contribution in [0.4, 0.5) is 0 Å². The van der Waals surface area contributed by atoms with Gasteiger partial charge < -0.3 is 15.3 Å². The van der Waals surface area contributed by atoms with Gasteiger partial charge in [-0.1, -0.05) is 39.0 Å². The van der Waals surface area contributed by atoms with Gasteiger partial charge in [-0.3, -0.25) is 0 Å². The second kappa shape index (κ2) is 6.93.